The molecule has 19 heavy (non-hydrogen) atoms. The average molecular weight is 276 g/mol. The molecule has 0 atom stereocenters. The highest BCUT2D eigenvalue weighted by Crippen LogP contribution is 2.38. The number of anilines is 1. The van der Waals surface area contributed by atoms with E-state index in [4.69, 9.17) is 0 Å². The number of amides is 1. The third-order valence-electron chi connectivity index (χ3n) is 3.41. The molecular formula is C13H16N4OS. The first-order valence-corrected chi connectivity index (χ1v) is 7.17. The second-order valence-electron chi connectivity index (χ2n) is 4.90. The van der Waals surface area contributed by atoms with E-state index >= 15 is 0 Å². The Morgan fingerprint density at radius 2 is 2.26 bits per heavy atom. The van der Waals surface area contributed by atoms with E-state index < -0.39 is 0 Å². The lowest BCUT2D eigenvalue weighted by Gasteiger charge is -2.12. The van der Waals surface area contributed by atoms with Gasteiger partial charge in [0.15, 0.2) is 0 Å². The van der Waals surface area contributed by atoms with Crippen LogP contribution in [-0.4, -0.2) is 41.4 Å². The van der Waals surface area contributed by atoms with E-state index in [9.17, 15) is 4.79 Å². The molecular weight excluding hydrogens is 260 g/mol. The quantitative estimate of drug-likeness (QED) is 0.926. The van der Waals surface area contributed by atoms with Gasteiger partial charge in [0.2, 0.25) is 5.91 Å². The number of thiophene rings is 1. The number of rotatable bonds is 3. The molecule has 0 aromatic carbocycles. The molecule has 0 bridgehead atoms. The Bertz CT molecular complexity index is 635. The van der Waals surface area contributed by atoms with Crippen molar-refractivity contribution in [2.45, 2.75) is 19.3 Å². The zero-order valence-corrected chi connectivity index (χ0v) is 11.9. The molecule has 2 heterocycles. The Hall–Kier alpha value is -1.69. The zero-order valence-electron chi connectivity index (χ0n) is 11.1. The molecule has 0 saturated carbocycles. The fraction of sp³-hybridized carbons (Fsp3) is 0.462. The summed E-state index contributed by atoms with van der Waals surface area (Å²) in [7, 11) is 3.50. The van der Waals surface area contributed by atoms with Crippen LogP contribution in [0.25, 0.3) is 10.2 Å². The van der Waals surface area contributed by atoms with E-state index in [2.05, 4.69) is 15.3 Å². The molecule has 100 valence electrons. The summed E-state index contributed by atoms with van der Waals surface area (Å²) in [4.78, 5) is 24.3. The van der Waals surface area contributed by atoms with Gasteiger partial charge in [0, 0.05) is 19.0 Å². The molecule has 3 rings (SSSR count). The molecule has 0 radical (unpaired) electrons. The molecule has 0 fully saturated rings. The number of aromatic nitrogens is 2. The summed E-state index contributed by atoms with van der Waals surface area (Å²) >= 11 is 1.75. The highest BCUT2D eigenvalue weighted by Gasteiger charge is 2.21. The van der Waals surface area contributed by atoms with Crippen LogP contribution in [0.4, 0.5) is 5.82 Å². The molecule has 6 heteroatoms. The molecule has 2 aromatic heterocycles. The minimum atomic E-state index is 0.0404. The van der Waals surface area contributed by atoms with Crippen molar-refractivity contribution in [3.05, 3.63) is 16.8 Å². The number of carbonyl (C=O) groups excluding carboxylic acids is 1. The first kappa shape index (κ1) is 12.3. The largest absolute Gasteiger partial charge is 0.360 e. The van der Waals surface area contributed by atoms with Gasteiger partial charge in [-0.3, -0.25) is 4.79 Å². The number of likely N-dealkylation sites (N-methyl/N-ethyl adjacent to an activating group) is 1. The van der Waals surface area contributed by atoms with Gasteiger partial charge in [-0.15, -0.1) is 11.3 Å². The zero-order chi connectivity index (χ0) is 13.4. The third kappa shape index (κ3) is 2.16. The van der Waals surface area contributed by atoms with Crippen LogP contribution in [0.5, 0.6) is 0 Å². The van der Waals surface area contributed by atoms with E-state index in [0.717, 1.165) is 28.9 Å². The van der Waals surface area contributed by atoms with Crippen LogP contribution in [0.15, 0.2) is 6.33 Å². The second-order valence-corrected chi connectivity index (χ2v) is 5.99. The van der Waals surface area contributed by atoms with Crippen LogP contribution < -0.4 is 5.32 Å². The van der Waals surface area contributed by atoms with Crippen molar-refractivity contribution in [2.24, 2.45) is 0 Å². The summed E-state index contributed by atoms with van der Waals surface area (Å²) in [6, 6.07) is 0. The Kier molecular flexibility index (Phi) is 3.10. The maximum atomic E-state index is 11.6. The standard InChI is InChI=1S/C13H16N4OS/c1-17(2)10(18)6-14-12-11-8-4-3-5-9(8)19-13(11)16-7-15-12/h7H,3-6H2,1-2H3,(H,14,15,16). The normalized spacial score (nSPS) is 13.6. The molecule has 0 saturated heterocycles. The molecule has 0 spiro atoms. The molecule has 0 unspecified atom stereocenters. The molecule has 1 amide bonds. The van der Waals surface area contributed by atoms with Crippen molar-refractivity contribution in [1.29, 1.82) is 0 Å². The van der Waals surface area contributed by atoms with Crippen molar-refractivity contribution < 1.29 is 4.79 Å². The van der Waals surface area contributed by atoms with Gasteiger partial charge in [0.05, 0.1) is 11.9 Å². The summed E-state index contributed by atoms with van der Waals surface area (Å²) in [6.07, 6.45) is 5.02. The van der Waals surface area contributed by atoms with Crippen molar-refractivity contribution in [3.63, 3.8) is 0 Å². The third-order valence-corrected chi connectivity index (χ3v) is 4.61. The topological polar surface area (TPSA) is 58.1 Å². The van der Waals surface area contributed by atoms with Crippen LogP contribution in [0, 0.1) is 0 Å². The second kappa shape index (κ2) is 4.77. The van der Waals surface area contributed by atoms with E-state index in [1.165, 1.54) is 16.9 Å². The summed E-state index contributed by atoms with van der Waals surface area (Å²) in [5.74, 6) is 0.832. The number of nitrogens with zero attached hydrogens (tertiary/aromatic N) is 3. The number of carbonyl (C=O) groups is 1. The van der Waals surface area contributed by atoms with Gasteiger partial charge in [-0.2, -0.15) is 0 Å². The summed E-state index contributed by atoms with van der Waals surface area (Å²) < 4.78 is 0. The smallest absolute Gasteiger partial charge is 0.241 e. The molecule has 1 aliphatic rings. The van der Waals surface area contributed by atoms with Gasteiger partial charge < -0.3 is 10.2 Å². The SMILES string of the molecule is CN(C)C(=O)CNc1ncnc2sc3c(c12)CCC3. The first-order chi connectivity index (χ1) is 9.16. The minimum absolute atomic E-state index is 0.0404. The van der Waals surface area contributed by atoms with Gasteiger partial charge in [-0.1, -0.05) is 0 Å². The number of nitrogens with one attached hydrogen (secondary N) is 1. The summed E-state index contributed by atoms with van der Waals surface area (Å²) in [5, 5.41) is 4.27. The van der Waals surface area contributed by atoms with Gasteiger partial charge in [0.25, 0.3) is 0 Å². The average Bonchev–Trinajstić information content (AvgIpc) is 2.95. The van der Waals surface area contributed by atoms with Crippen molar-refractivity contribution in [3.8, 4) is 0 Å². The van der Waals surface area contributed by atoms with Gasteiger partial charge in [-0.05, 0) is 24.8 Å². The van der Waals surface area contributed by atoms with Crippen LogP contribution in [0.3, 0.4) is 0 Å². The van der Waals surface area contributed by atoms with Gasteiger partial charge in [-0.25, -0.2) is 9.97 Å². The number of hydrogen-bond donors (Lipinski definition) is 1. The maximum absolute atomic E-state index is 11.6. The number of fused-ring (bicyclic) bond motifs is 3. The molecule has 1 aliphatic carbocycles. The van der Waals surface area contributed by atoms with Crippen molar-refractivity contribution in [2.75, 3.05) is 26.0 Å². The van der Waals surface area contributed by atoms with Crippen LogP contribution >= 0.6 is 11.3 Å². The van der Waals surface area contributed by atoms with Gasteiger partial charge in [0.1, 0.15) is 17.0 Å². The van der Waals surface area contributed by atoms with E-state index in [0.29, 0.717) is 0 Å². The minimum Gasteiger partial charge on any atom is -0.360 e. The fourth-order valence-corrected chi connectivity index (χ4v) is 3.61. The molecule has 0 aliphatic heterocycles. The van der Waals surface area contributed by atoms with Crippen molar-refractivity contribution >= 4 is 33.3 Å². The molecule has 2 aromatic rings. The van der Waals surface area contributed by atoms with E-state index in [-0.39, 0.29) is 12.5 Å². The highest BCUT2D eigenvalue weighted by atomic mass is 32.1. The highest BCUT2D eigenvalue weighted by molar-refractivity contribution is 7.19. The van der Waals surface area contributed by atoms with Crippen LogP contribution in [0.1, 0.15) is 16.9 Å². The number of hydrogen-bond acceptors (Lipinski definition) is 5. The Balaban J connectivity index is 1.93. The predicted molar refractivity (Wildman–Crippen MR) is 76.6 cm³/mol. The lowest BCUT2D eigenvalue weighted by Crippen LogP contribution is -2.28. The lowest BCUT2D eigenvalue weighted by atomic mass is 10.2. The Labute approximate surface area is 115 Å². The number of aryl methyl sites for hydroxylation is 2. The predicted octanol–water partition coefficient (Wildman–Crippen LogP) is 1.68. The molecule has 5 nitrogen and oxygen atoms in total. The van der Waals surface area contributed by atoms with E-state index in [1.807, 2.05) is 0 Å². The summed E-state index contributed by atoms with van der Waals surface area (Å²) in [6.45, 7) is 0.268. The molecule has 1 N–H and O–H groups in total. The first-order valence-electron chi connectivity index (χ1n) is 6.36. The fourth-order valence-electron chi connectivity index (χ4n) is 2.38. The Morgan fingerprint density at radius 3 is 3.05 bits per heavy atom. The van der Waals surface area contributed by atoms with Crippen molar-refractivity contribution in [1.82, 2.24) is 14.9 Å². The van der Waals surface area contributed by atoms with E-state index in [1.54, 1.807) is 36.7 Å². The monoisotopic (exact) mass is 276 g/mol. The van der Waals surface area contributed by atoms with Crippen LogP contribution in [-0.2, 0) is 17.6 Å². The summed E-state index contributed by atoms with van der Waals surface area (Å²) in [5.41, 5.74) is 1.38. The van der Waals surface area contributed by atoms with Crippen LogP contribution in [0.2, 0.25) is 0 Å². The maximum Gasteiger partial charge on any atom is 0.241 e. The lowest BCUT2D eigenvalue weighted by molar-refractivity contribution is -0.126. The Morgan fingerprint density at radius 1 is 1.42 bits per heavy atom. The van der Waals surface area contributed by atoms with Gasteiger partial charge >= 0.3 is 0 Å².